The first-order valence-corrected chi connectivity index (χ1v) is 9.00. The fourth-order valence-electron chi connectivity index (χ4n) is 3.96. The maximum absolute atomic E-state index is 13.4. The van der Waals surface area contributed by atoms with E-state index >= 15 is 0 Å². The predicted molar refractivity (Wildman–Crippen MR) is 91.1 cm³/mol. The molecule has 0 radical (unpaired) electrons. The highest BCUT2D eigenvalue weighted by molar-refractivity contribution is 5.79. The van der Waals surface area contributed by atoms with E-state index in [1.807, 2.05) is 0 Å². The Kier molecular flexibility index (Phi) is 5.55. The molecule has 5 nitrogen and oxygen atoms in total. The van der Waals surface area contributed by atoms with Gasteiger partial charge in [-0.1, -0.05) is 0 Å². The van der Waals surface area contributed by atoms with Gasteiger partial charge in [0.2, 0.25) is 5.91 Å². The van der Waals surface area contributed by atoms with Crippen LogP contribution in [0.15, 0.2) is 18.2 Å². The number of benzene rings is 1. The Morgan fingerprint density at radius 2 is 1.85 bits per heavy atom. The monoisotopic (exact) mass is 366 g/mol. The lowest BCUT2D eigenvalue weighted by atomic mass is 9.77. The van der Waals surface area contributed by atoms with Gasteiger partial charge < -0.3 is 9.64 Å². The first-order valence-electron chi connectivity index (χ1n) is 9.00. The number of amides is 1. The summed E-state index contributed by atoms with van der Waals surface area (Å²) in [6.45, 7) is 4.75. The molecule has 1 aromatic carbocycles. The smallest absolute Gasteiger partial charge is 0.320 e. The third-order valence-corrected chi connectivity index (χ3v) is 5.28. The van der Waals surface area contributed by atoms with Crippen molar-refractivity contribution in [2.24, 2.45) is 5.41 Å². The number of ether oxygens (including phenoxy) is 1. The summed E-state index contributed by atoms with van der Waals surface area (Å²) in [5.41, 5.74) is 0.362. The van der Waals surface area contributed by atoms with Crippen molar-refractivity contribution in [2.75, 3.05) is 32.8 Å². The van der Waals surface area contributed by atoms with E-state index in [1.54, 1.807) is 11.8 Å². The Labute approximate surface area is 151 Å². The Hall–Kier alpha value is -2.02. The molecule has 2 saturated heterocycles. The van der Waals surface area contributed by atoms with E-state index in [1.165, 1.54) is 12.1 Å². The minimum absolute atomic E-state index is 0.0218. The Balaban J connectivity index is 1.57. The Bertz CT molecular complexity index is 667. The number of piperidine rings is 1. The number of likely N-dealkylation sites (tertiary alicyclic amines) is 2. The van der Waals surface area contributed by atoms with E-state index in [0.717, 1.165) is 32.0 Å². The second-order valence-corrected chi connectivity index (χ2v) is 7.29. The van der Waals surface area contributed by atoms with Gasteiger partial charge in [0.05, 0.1) is 13.2 Å². The summed E-state index contributed by atoms with van der Waals surface area (Å²) >= 11 is 0. The SMILES string of the molecule is CCOC(=O)CN1CCC2(CC1)CC(=O)N(Cc1cc(F)cc(F)c1)C2. The number of rotatable bonds is 5. The van der Waals surface area contributed by atoms with Crippen molar-refractivity contribution in [1.82, 2.24) is 9.80 Å². The molecule has 2 aliphatic rings. The highest BCUT2D eigenvalue weighted by atomic mass is 19.1. The number of hydrogen-bond donors (Lipinski definition) is 0. The molecule has 2 aliphatic heterocycles. The number of nitrogens with zero attached hydrogens (tertiary/aromatic N) is 2. The maximum atomic E-state index is 13.4. The second kappa shape index (κ2) is 7.70. The van der Waals surface area contributed by atoms with Gasteiger partial charge in [-0.25, -0.2) is 8.78 Å². The van der Waals surface area contributed by atoms with Crippen molar-refractivity contribution in [2.45, 2.75) is 32.7 Å². The van der Waals surface area contributed by atoms with Gasteiger partial charge >= 0.3 is 5.97 Å². The van der Waals surface area contributed by atoms with Crippen LogP contribution in [0.4, 0.5) is 8.78 Å². The summed E-state index contributed by atoms with van der Waals surface area (Å²) in [5.74, 6) is -1.46. The molecule has 0 N–H and O–H groups in total. The van der Waals surface area contributed by atoms with E-state index in [9.17, 15) is 18.4 Å². The van der Waals surface area contributed by atoms with Gasteiger partial charge in [-0.15, -0.1) is 0 Å². The van der Waals surface area contributed by atoms with E-state index in [-0.39, 0.29) is 30.4 Å². The zero-order valence-corrected chi connectivity index (χ0v) is 15.0. The van der Waals surface area contributed by atoms with Gasteiger partial charge in [0.25, 0.3) is 0 Å². The van der Waals surface area contributed by atoms with Crippen LogP contribution in [-0.4, -0.2) is 54.5 Å². The largest absolute Gasteiger partial charge is 0.465 e. The van der Waals surface area contributed by atoms with Crippen LogP contribution in [0.3, 0.4) is 0 Å². The highest BCUT2D eigenvalue weighted by Crippen LogP contribution is 2.41. The lowest BCUT2D eigenvalue weighted by molar-refractivity contribution is -0.145. The first kappa shape index (κ1) is 18.8. The fraction of sp³-hybridized carbons (Fsp3) is 0.579. The predicted octanol–water partition coefficient (Wildman–Crippen LogP) is 2.34. The van der Waals surface area contributed by atoms with Crippen LogP contribution in [-0.2, 0) is 20.9 Å². The molecule has 7 heteroatoms. The molecule has 0 bridgehead atoms. The molecule has 142 valence electrons. The molecule has 2 fully saturated rings. The van der Waals surface area contributed by atoms with Crippen LogP contribution >= 0.6 is 0 Å². The van der Waals surface area contributed by atoms with Crippen molar-refractivity contribution < 1.29 is 23.1 Å². The lowest BCUT2D eigenvalue weighted by Crippen LogP contribution is -2.43. The number of halogens is 2. The molecular weight excluding hydrogens is 342 g/mol. The van der Waals surface area contributed by atoms with E-state index < -0.39 is 11.6 Å². The highest BCUT2D eigenvalue weighted by Gasteiger charge is 2.44. The molecule has 1 amide bonds. The van der Waals surface area contributed by atoms with Gasteiger partial charge in [-0.3, -0.25) is 14.5 Å². The average Bonchev–Trinajstić information content (AvgIpc) is 2.85. The summed E-state index contributed by atoms with van der Waals surface area (Å²) in [5, 5.41) is 0. The summed E-state index contributed by atoms with van der Waals surface area (Å²) in [6, 6.07) is 3.36. The van der Waals surface area contributed by atoms with Gasteiger partial charge in [0, 0.05) is 25.6 Å². The quantitative estimate of drug-likeness (QED) is 0.751. The van der Waals surface area contributed by atoms with E-state index in [2.05, 4.69) is 4.90 Å². The zero-order valence-electron chi connectivity index (χ0n) is 15.0. The number of esters is 1. The number of carbonyl (C=O) groups excluding carboxylic acids is 2. The Morgan fingerprint density at radius 1 is 1.19 bits per heavy atom. The topological polar surface area (TPSA) is 49.9 Å². The van der Waals surface area contributed by atoms with Crippen LogP contribution < -0.4 is 0 Å². The summed E-state index contributed by atoms with van der Waals surface area (Å²) < 4.78 is 31.7. The molecule has 0 aromatic heterocycles. The number of carbonyl (C=O) groups is 2. The van der Waals surface area contributed by atoms with Crippen LogP contribution in [0.1, 0.15) is 31.7 Å². The second-order valence-electron chi connectivity index (χ2n) is 7.29. The van der Waals surface area contributed by atoms with Crippen molar-refractivity contribution in [3.8, 4) is 0 Å². The van der Waals surface area contributed by atoms with Crippen molar-refractivity contribution >= 4 is 11.9 Å². The van der Waals surface area contributed by atoms with Crippen LogP contribution in [0.2, 0.25) is 0 Å². The molecule has 0 saturated carbocycles. The molecular formula is C19H24F2N2O3. The van der Waals surface area contributed by atoms with Gasteiger partial charge in [-0.2, -0.15) is 0 Å². The molecule has 0 atom stereocenters. The molecule has 2 heterocycles. The van der Waals surface area contributed by atoms with Gasteiger partial charge in [-0.05, 0) is 56.0 Å². The molecule has 1 spiro atoms. The molecule has 1 aromatic rings. The normalized spacial score (nSPS) is 20.0. The van der Waals surface area contributed by atoms with Crippen molar-refractivity contribution in [1.29, 1.82) is 0 Å². The van der Waals surface area contributed by atoms with Gasteiger partial charge in [0.15, 0.2) is 0 Å². The van der Waals surface area contributed by atoms with Crippen molar-refractivity contribution in [3.05, 3.63) is 35.4 Å². The maximum Gasteiger partial charge on any atom is 0.320 e. The number of hydrogen-bond acceptors (Lipinski definition) is 4. The van der Waals surface area contributed by atoms with Gasteiger partial charge in [0.1, 0.15) is 11.6 Å². The standard InChI is InChI=1S/C19H24F2N2O3/c1-2-26-18(25)12-22-5-3-19(4-6-22)10-17(24)23(13-19)11-14-7-15(20)9-16(21)8-14/h7-9H,2-6,10-13H2,1H3. The molecule has 3 rings (SSSR count). The first-order chi connectivity index (χ1) is 12.4. The third-order valence-electron chi connectivity index (χ3n) is 5.28. The molecule has 0 aliphatic carbocycles. The summed E-state index contributed by atoms with van der Waals surface area (Å²) in [7, 11) is 0. The summed E-state index contributed by atoms with van der Waals surface area (Å²) in [6.07, 6.45) is 2.11. The summed E-state index contributed by atoms with van der Waals surface area (Å²) in [4.78, 5) is 27.8. The third kappa shape index (κ3) is 4.38. The van der Waals surface area contributed by atoms with Crippen LogP contribution in [0, 0.1) is 17.0 Å². The van der Waals surface area contributed by atoms with Crippen LogP contribution in [0.25, 0.3) is 0 Å². The van der Waals surface area contributed by atoms with Crippen molar-refractivity contribution in [3.63, 3.8) is 0 Å². The average molecular weight is 366 g/mol. The minimum Gasteiger partial charge on any atom is -0.465 e. The lowest BCUT2D eigenvalue weighted by Gasteiger charge is -2.38. The van der Waals surface area contributed by atoms with Crippen LogP contribution in [0.5, 0.6) is 0 Å². The fourth-order valence-corrected chi connectivity index (χ4v) is 3.96. The zero-order chi connectivity index (χ0) is 18.7. The Morgan fingerprint density at radius 3 is 2.46 bits per heavy atom. The minimum atomic E-state index is -0.631. The molecule has 0 unspecified atom stereocenters. The van der Waals surface area contributed by atoms with E-state index in [4.69, 9.17) is 4.74 Å². The van der Waals surface area contributed by atoms with E-state index in [0.29, 0.717) is 25.1 Å². The molecule has 26 heavy (non-hydrogen) atoms.